The number of halogens is 1. The molecule has 1 atom stereocenters. The van der Waals surface area contributed by atoms with E-state index in [-0.39, 0.29) is 36.3 Å². The Kier molecular flexibility index (Phi) is 6.78. The monoisotopic (exact) mass is 466 g/mol. The minimum Gasteiger partial charge on any atom is -0.376 e. The van der Waals surface area contributed by atoms with Crippen molar-refractivity contribution in [2.45, 2.75) is 32.4 Å². The number of aromatic nitrogens is 2. The molecular formula is C24H23FN4O5. The van der Waals surface area contributed by atoms with Crippen LogP contribution in [0.5, 0.6) is 0 Å². The third kappa shape index (κ3) is 5.01. The second-order valence-corrected chi connectivity index (χ2v) is 8.11. The van der Waals surface area contributed by atoms with Gasteiger partial charge in [-0.2, -0.15) is 5.10 Å². The zero-order valence-electron chi connectivity index (χ0n) is 18.5. The molecule has 1 saturated heterocycles. The standard InChI is InChI=1S/C24H23FN4O5/c1-16-12-22(30)23(26-28(16)20-9-2-3-10-21(20)29(32)33)24(31)27(15-19-8-5-11-34-19)14-17-6-4-7-18(25)13-17/h2-4,6-7,9-10,12-13,19H,5,8,11,14-15H2,1H3. The van der Waals surface area contributed by atoms with Crippen LogP contribution in [-0.2, 0) is 11.3 Å². The molecule has 176 valence electrons. The van der Waals surface area contributed by atoms with Crippen LogP contribution in [0, 0.1) is 22.9 Å². The number of ether oxygens (including phenoxy) is 1. The molecule has 0 radical (unpaired) electrons. The lowest BCUT2D eigenvalue weighted by Crippen LogP contribution is -2.40. The van der Waals surface area contributed by atoms with E-state index in [1.165, 1.54) is 46.0 Å². The summed E-state index contributed by atoms with van der Waals surface area (Å²) in [4.78, 5) is 38.7. The Bertz CT molecular complexity index is 1290. The molecule has 2 heterocycles. The SMILES string of the molecule is Cc1cc(=O)c(C(=O)N(Cc2cccc(F)c2)CC2CCCO2)nn1-c1ccccc1[N+](=O)[O-]. The molecule has 34 heavy (non-hydrogen) atoms. The first-order valence-electron chi connectivity index (χ1n) is 10.8. The molecule has 1 fully saturated rings. The van der Waals surface area contributed by atoms with Gasteiger partial charge in [-0.1, -0.05) is 24.3 Å². The second kappa shape index (κ2) is 9.92. The molecule has 3 aromatic rings. The van der Waals surface area contributed by atoms with Crippen molar-refractivity contribution in [3.63, 3.8) is 0 Å². The number of aryl methyl sites for hydroxylation is 1. The third-order valence-electron chi connectivity index (χ3n) is 5.61. The maximum atomic E-state index is 13.7. The first-order chi connectivity index (χ1) is 16.3. The van der Waals surface area contributed by atoms with E-state index in [0.717, 1.165) is 12.8 Å². The fraction of sp³-hybridized carbons (Fsp3) is 0.292. The predicted molar refractivity (Wildman–Crippen MR) is 121 cm³/mol. The maximum Gasteiger partial charge on any atom is 0.294 e. The van der Waals surface area contributed by atoms with Crippen LogP contribution in [-0.4, -0.2) is 44.8 Å². The molecular weight excluding hydrogens is 443 g/mol. The fourth-order valence-electron chi connectivity index (χ4n) is 4.00. The van der Waals surface area contributed by atoms with Gasteiger partial charge in [0.25, 0.3) is 11.6 Å². The molecule has 9 nitrogen and oxygen atoms in total. The maximum absolute atomic E-state index is 13.7. The van der Waals surface area contributed by atoms with Gasteiger partial charge in [0.1, 0.15) is 11.5 Å². The van der Waals surface area contributed by atoms with Gasteiger partial charge >= 0.3 is 0 Å². The Labute approximate surface area is 194 Å². The fourth-order valence-corrected chi connectivity index (χ4v) is 4.00. The lowest BCUT2D eigenvalue weighted by Gasteiger charge is -2.25. The smallest absolute Gasteiger partial charge is 0.294 e. The molecule has 1 unspecified atom stereocenters. The Morgan fingerprint density at radius 1 is 1.26 bits per heavy atom. The summed E-state index contributed by atoms with van der Waals surface area (Å²) in [6.45, 7) is 2.42. The molecule has 1 amide bonds. The number of benzene rings is 2. The van der Waals surface area contributed by atoms with Gasteiger partial charge in [0, 0.05) is 37.5 Å². The van der Waals surface area contributed by atoms with E-state index in [4.69, 9.17) is 4.74 Å². The van der Waals surface area contributed by atoms with E-state index in [2.05, 4.69) is 5.10 Å². The molecule has 2 aromatic carbocycles. The van der Waals surface area contributed by atoms with Gasteiger partial charge in [-0.05, 0) is 43.5 Å². The number of hydrogen-bond donors (Lipinski definition) is 0. The highest BCUT2D eigenvalue weighted by Gasteiger charge is 2.27. The van der Waals surface area contributed by atoms with Crippen molar-refractivity contribution in [3.05, 3.63) is 97.7 Å². The first-order valence-corrected chi connectivity index (χ1v) is 10.8. The van der Waals surface area contributed by atoms with Crippen LogP contribution in [0.25, 0.3) is 5.69 Å². The van der Waals surface area contributed by atoms with Crippen LogP contribution in [0.1, 0.15) is 34.6 Å². The number of nitro groups is 1. The predicted octanol–water partition coefficient (Wildman–Crippen LogP) is 3.41. The summed E-state index contributed by atoms with van der Waals surface area (Å²) in [5.41, 5.74) is -0.165. The Balaban J connectivity index is 1.74. The quantitative estimate of drug-likeness (QED) is 0.390. The number of para-hydroxylation sites is 2. The highest BCUT2D eigenvalue weighted by atomic mass is 19.1. The van der Waals surface area contributed by atoms with Crippen LogP contribution in [0.2, 0.25) is 0 Å². The van der Waals surface area contributed by atoms with E-state index >= 15 is 0 Å². The number of nitro benzene ring substituents is 1. The number of amides is 1. The van der Waals surface area contributed by atoms with Crippen LogP contribution in [0.3, 0.4) is 0 Å². The lowest BCUT2D eigenvalue weighted by molar-refractivity contribution is -0.384. The van der Waals surface area contributed by atoms with Crippen molar-refractivity contribution in [1.29, 1.82) is 0 Å². The summed E-state index contributed by atoms with van der Waals surface area (Å²) in [6, 6.07) is 13.0. The summed E-state index contributed by atoms with van der Waals surface area (Å²) in [5.74, 6) is -1.09. The van der Waals surface area contributed by atoms with Gasteiger partial charge in [0.2, 0.25) is 5.43 Å². The molecule has 0 spiro atoms. The summed E-state index contributed by atoms with van der Waals surface area (Å²) >= 11 is 0. The third-order valence-corrected chi connectivity index (χ3v) is 5.61. The van der Waals surface area contributed by atoms with Crippen molar-refractivity contribution in [3.8, 4) is 5.69 Å². The summed E-state index contributed by atoms with van der Waals surface area (Å²) < 4.78 is 20.6. The van der Waals surface area contributed by atoms with Gasteiger partial charge in [-0.25, -0.2) is 9.07 Å². The molecule has 0 saturated carbocycles. The number of rotatable bonds is 7. The zero-order chi connectivity index (χ0) is 24.2. The van der Waals surface area contributed by atoms with Crippen molar-refractivity contribution in [2.24, 2.45) is 0 Å². The van der Waals surface area contributed by atoms with Crippen molar-refractivity contribution in [1.82, 2.24) is 14.7 Å². The molecule has 4 rings (SSSR count). The van der Waals surface area contributed by atoms with E-state index in [0.29, 0.717) is 17.9 Å². The van der Waals surface area contributed by atoms with Gasteiger partial charge in [0.05, 0.1) is 11.0 Å². The molecule has 0 aliphatic carbocycles. The van der Waals surface area contributed by atoms with E-state index in [1.54, 1.807) is 25.1 Å². The normalized spacial score (nSPS) is 15.3. The summed E-state index contributed by atoms with van der Waals surface area (Å²) in [5, 5.41) is 15.7. The van der Waals surface area contributed by atoms with E-state index in [1.807, 2.05) is 0 Å². The van der Waals surface area contributed by atoms with Gasteiger partial charge in [-0.3, -0.25) is 19.7 Å². The summed E-state index contributed by atoms with van der Waals surface area (Å²) in [6.07, 6.45) is 1.41. The van der Waals surface area contributed by atoms with Crippen molar-refractivity contribution >= 4 is 11.6 Å². The highest BCUT2D eigenvalue weighted by Crippen LogP contribution is 2.23. The zero-order valence-corrected chi connectivity index (χ0v) is 18.5. The topological polar surface area (TPSA) is 108 Å². The average molecular weight is 466 g/mol. The largest absolute Gasteiger partial charge is 0.376 e. The van der Waals surface area contributed by atoms with Gasteiger partial charge < -0.3 is 9.64 Å². The molecule has 10 heteroatoms. The number of carbonyl (C=O) groups is 1. The Morgan fingerprint density at radius 3 is 2.76 bits per heavy atom. The van der Waals surface area contributed by atoms with Crippen molar-refractivity contribution in [2.75, 3.05) is 13.2 Å². The summed E-state index contributed by atoms with van der Waals surface area (Å²) in [7, 11) is 0. The Morgan fingerprint density at radius 2 is 2.06 bits per heavy atom. The molecule has 1 aromatic heterocycles. The van der Waals surface area contributed by atoms with E-state index in [9.17, 15) is 24.1 Å². The van der Waals surface area contributed by atoms with Crippen LogP contribution in [0.15, 0.2) is 59.4 Å². The van der Waals surface area contributed by atoms with Crippen LogP contribution < -0.4 is 5.43 Å². The minimum atomic E-state index is -0.655. The molecule has 0 bridgehead atoms. The van der Waals surface area contributed by atoms with Gasteiger partial charge in [0.15, 0.2) is 5.69 Å². The second-order valence-electron chi connectivity index (χ2n) is 8.11. The number of carbonyl (C=O) groups excluding carboxylic acids is 1. The molecule has 1 aliphatic heterocycles. The van der Waals surface area contributed by atoms with Crippen molar-refractivity contribution < 1.29 is 18.8 Å². The average Bonchev–Trinajstić information content (AvgIpc) is 3.31. The minimum absolute atomic E-state index is 0.0525. The lowest BCUT2D eigenvalue weighted by atomic mass is 10.1. The number of hydrogen-bond acceptors (Lipinski definition) is 6. The highest BCUT2D eigenvalue weighted by molar-refractivity contribution is 5.92. The van der Waals surface area contributed by atoms with E-state index < -0.39 is 22.1 Å². The van der Waals surface area contributed by atoms with Crippen LogP contribution >= 0.6 is 0 Å². The van der Waals surface area contributed by atoms with Gasteiger partial charge in [-0.15, -0.1) is 0 Å². The molecule has 1 aliphatic rings. The molecule has 0 N–H and O–H groups in total. The number of nitrogens with zero attached hydrogens (tertiary/aromatic N) is 4. The first kappa shape index (κ1) is 23.2. The Hall–Kier alpha value is -3.92. The van der Waals surface area contributed by atoms with Crippen LogP contribution in [0.4, 0.5) is 10.1 Å².